The number of halogens is 1. The molecule has 0 saturated heterocycles. The first-order valence-corrected chi connectivity index (χ1v) is 5.60. The van der Waals surface area contributed by atoms with E-state index in [2.05, 4.69) is 5.92 Å². The van der Waals surface area contributed by atoms with Crippen LogP contribution in [0.4, 0.5) is 4.39 Å². The molecule has 0 atom stereocenters. The molecule has 19 heavy (non-hydrogen) atoms. The van der Waals surface area contributed by atoms with Crippen molar-refractivity contribution in [3.05, 3.63) is 68.7 Å². The van der Waals surface area contributed by atoms with E-state index < -0.39 is 17.1 Å². The highest BCUT2D eigenvalue weighted by Crippen LogP contribution is 1.99. The van der Waals surface area contributed by atoms with Crippen LogP contribution in [0, 0.1) is 18.2 Å². The smallest absolute Gasteiger partial charge is 0.286 e. The largest absolute Gasteiger partial charge is 0.332 e. The maximum absolute atomic E-state index is 13.5. The van der Waals surface area contributed by atoms with E-state index in [9.17, 15) is 14.0 Å². The Bertz CT molecular complexity index is 739. The third-order valence-electron chi connectivity index (χ3n) is 2.64. The quantitative estimate of drug-likeness (QED) is 0.765. The second kappa shape index (κ2) is 5.36. The lowest BCUT2D eigenvalue weighted by molar-refractivity contribution is 0.522. The molecule has 5 heteroatoms. The molecule has 0 N–H and O–H groups in total. The first-order valence-electron chi connectivity index (χ1n) is 5.60. The molecule has 0 bridgehead atoms. The Morgan fingerprint density at radius 1 is 1.21 bits per heavy atom. The minimum atomic E-state index is -0.995. The Labute approximate surface area is 108 Å². The molecule has 0 aliphatic rings. The summed E-state index contributed by atoms with van der Waals surface area (Å²) in [6, 6.07) is 8.87. The van der Waals surface area contributed by atoms with Gasteiger partial charge in [0.05, 0.1) is 19.3 Å². The highest BCUT2D eigenvalue weighted by molar-refractivity contribution is 5.15. The van der Waals surface area contributed by atoms with Gasteiger partial charge in [-0.2, -0.15) is 4.39 Å². The molecule has 4 nitrogen and oxygen atoms in total. The van der Waals surface area contributed by atoms with Crippen molar-refractivity contribution < 1.29 is 4.39 Å². The predicted octanol–water partition coefficient (Wildman–Crippen LogP) is 0.831. The molecule has 2 rings (SSSR count). The zero-order chi connectivity index (χ0) is 13.8. The van der Waals surface area contributed by atoms with Crippen LogP contribution >= 0.6 is 0 Å². The van der Waals surface area contributed by atoms with E-state index in [1.165, 1.54) is 0 Å². The van der Waals surface area contributed by atoms with Gasteiger partial charge in [0.25, 0.3) is 5.56 Å². The van der Waals surface area contributed by atoms with Crippen LogP contribution in [0.2, 0.25) is 0 Å². The van der Waals surface area contributed by atoms with Crippen molar-refractivity contribution in [1.29, 1.82) is 0 Å². The fraction of sp³-hybridized carbons (Fsp3) is 0.143. The fourth-order valence-corrected chi connectivity index (χ4v) is 1.74. The van der Waals surface area contributed by atoms with Crippen LogP contribution < -0.4 is 11.2 Å². The first kappa shape index (κ1) is 12.8. The van der Waals surface area contributed by atoms with Gasteiger partial charge in [-0.15, -0.1) is 6.42 Å². The SMILES string of the molecule is C#CCn1cc(F)c(=O)n(Cc2ccccc2)c1=O. The maximum atomic E-state index is 13.5. The number of terminal acetylenes is 1. The molecular weight excluding hydrogens is 247 g/mol. The van der Waals surface area contributed by atoms with Gasteiger partial charge in [0.2, 0.25) is 5.82 Å². The molecule has 0 aliphatic heterocycles. The topological polar surface area (TPSA) is 44.0 Å². The number of rotatable bonds is 3. The van der Waals surface area contributed by atoms with Crippen LogP contribution in [-0.2, 0) is 13.1 Å². The van der Waals surface area contributed by atoms with Gasteiger partial charge in [-0.25, -0.2) is 4.79 Å². The van der Waals surface area contributed by atoms with E-state index in [4.69, 9.17) is 6.42 Å². The van der Waals surface area contributed by atoms with E-state index in [0.29, 0.717) is 0 Å². The zero-order valence-corrected chi connectivity index (χ0v) is 10.0. The van der Waals surface area contributed by atoms with Gasteiger partial charge in [0.1, 0.15) is 0 Å². The standard InChI is InChI=1S/C14H11FN2O2/c1-2-8-16-10-12(15)13(18)17(14(16)19)9-11-6-4-3-5-7-11/h1,3-7,10H,8-9H2. The van der Waals surface area contributed by atoms with E-state index in [1.807, 2.05) is 6.07 Å². The van der Waals surface area contributed by atoms with Crippen molar-refractivity contribution in [3.63, 3.8) is 0 Å². The first-order chi connectivity index (χ1) is 9.13. The Hall–Kier alpha value is -2.61. The van der Waals surface area contributed by atoms with Crippen LogP contribution in [0.15, 0.2) is 46.1 Å². The Morgan fingerprint density at radius 3 is 2.53 bits per heavy atom. The van der Waals surface area contributed by atoms with Crippen LogP contribution in [-0.4, -0.2) is 9.13 Å². The lowest BCUT2D eigenvalue weighted by Gasteiger charge is -2.08. The number of nitrogens with zero attached hydrogens (tertiary/aromatic N) is 2. The summed E-state index contributed by atoms with van der Waals surface area (Å²) in [5, 5.41) is 0. The van der Waals surface area contributed by atoms with Gasteiger partial charge in [0, 0.05) is 0 Å². The minimum absolute atomic E-state index is 0.0147. The van der Waals surface area contributed by atoms with Gasteiger partial charge in [-0.1, -0.05) is 36.3 Å². The van der Waals surface area contributed by atoms with Gasteiger partial charge >= 0.3 is 5.69 Å². The Balaban J connectivity index is 2.54. The van der Waals surface area contributed by atoms with Crippen molar-refractivity contribution in [2.24, 2.45) is 0 Å². The van der Waals surface area contributed by atoms with E-state index in [-0.39, 0.29) is 13.1 Å². The van der Waals surface area contributed by atoms with Crippen molar-refractivity contribution >= 4 is 0 Å². The van der Waals surface area contributed by atoms with Crippen molar-refractivity contribution in [2.75, 3.05) is 0 Å². The van der Waals surface area contributed by atoms with Gasteiger partial charge < -0.3 is 0 Å². The number of aromatic nitrogens is 2. The van der Waals surface area contributed by atoms with Crippen LogP contribution in [0.3, 0.4) is 0 Å². The molecule has 96 valence electrons. The molecule has 0 fully saturated rings. The molecule has 1 aromatic heterocycles. The summed E-state index contributed by atoms with van der Waals surface area (Å²) in [6.07, 6.45) is 5.94. The Morgan fingerprint density at radius 2 is 1.89 bits per heavy atom. The normalized spacial score (nSPS) is 10.1. The Kier molecular flexibility index (Phi) is 3.62. The maximum Gasteiger partial charge on any atom is 0.332 e. The number of benzene rings is 1. The molecule has 2 aromatic rings. The molecule has 1 heterocycles. The monoisotopic (exact) mass is 258 g/mol. The second-order valence-corrected chi connectivity index (χ2v) is 3.97. The average Bonchev–Trinajstić information content (AvgIpc) is 2.42. The average molecular weight is 258 g/mol. The van der Waals surface area contributed by atoms with E-state index in [0.717, 1.165) is 20.9 Å². The lowest BCUT2D eigenvalue weighted by atomic mass is 10.2. The summed E-state index contributed by atoms with van der Waals surface area (Å²) in [7, 11) is 0. The molecule has 1 aromatic carbocycles. The molecule has 0 radical (unpaired) electrons. The highest BCUT2D eigenvalue weighted by Gasteiger charge is 2.10. The summed E-state index contributed by atoms with van der Waals surface area (Å²) in [5.74, 6) is 1.25. The zero-order valence-electron chi connectivity index (χ0n) is 10.0. The van der Waals surface area contributed by atoms with Crippen molar-refractivity contribution in [3.8, 4) is 12.3 Å². The fourth-order valence-electron chi connectivity index (χ4n) is 1.74. The molecule has 0 spiro atoms. The van der Waals surface area contributed by atoms with Crippen LogP contribution in [0.5, 0.6) is 0 Å². The molecular formula is C14H11FN2O2. The number of hydrogen-bond acceptors (Lipinski definition) is 2. The molecule has 0 saturated carbocycles. The van der Waals surface area contributed by atoms with Gasteiger partial charge in [-0.3, -0.25) is 13.9 Å². The summed E-state index contributed by atoms with van der Waals surface area (Å²) < 4.78 is 15.3. The van der Waals surface area contributed by atoms with Crippen LogP contribution in [0.1, 0.15) is 5.56 Å². The van der Waals surface area contributed by atoms with Crippen molar-refractivity contribution in [2.45, 2.75) is 13.1 Å². The third-order valence-corrected chi connectivity index (χ3v) is 2.64. The van der Waals surface area contributed by atoms with Crippen molar-refractivity contribution in [1.82, 2.24) is 9.13 Å². The van der Waals surface area contributed by atoms with Gasteiger partial charge in [0.15, 0.2) is 0 Å². The lowest BCUT2D eigenvalue weighted by Crippen LogP contribution is -2.41. The molecule has 0 amide bonds. The summed E-state index contributed by atoms with van der Waals surface area (Å²) in [6.45, 7) is -0.0638. The predicted molar refractivity (Wildman–Crippen MR) is 69.3 cm³/mol. The second-order valence-electron chi connectivity index (χ2n) is 3.97. The van der Waals surface area contributed by atoms with E-state index >= 15 is 0 Å². The third kappa shape index (κ3) is 2.63. The number of hydrogen-bond donors (Lipinski definition) is 0. The minimum Gasteiger partial charge on any atom is -0.286 e. The highest BCUT2D eigenvalue weighted by atomic mass is 19.1. The molecule has 0 aliphatic carbocycles. The van der Waals surface area contributed by atoms with Crippen LogP contribution in [0.25, 0.3) is 0 Å². The summed E-state index contributed by atoms with van der Waals surface area (Å²) in [4.78, 5) is 23.7. The van der Waals surface area contributed by atoms with E-state index in [1.54, 1.807) is 24.3 Å². The molecule has 0 unspecified atom stereocenters. The van der Waals surface area contributed by atoms with Gasteiger partial charge in [-0.05, 0) is 5.56 Å². The summed E-state index contributed by atoms with van der Waals surface area (Å²) >= 11 is 0. The summed E-state index contributed by atoms with van der Waals surface area (Å²) in [5.41, 5.74) is -0.824.